The van der Waals surface area contributed by atoms with E-state index >= 15 is 0 Å². The summed E-state index contributed by atoms with van der Waals surface area (Å²) in [5.74, 6) is 0.882. The van der Waals surface area contributed by atoms with Crippen LogP contribution in [-0.4, -0.2) is 136 Å². The Morgan fingerprint density at radius 3 is 1.92 bits per heavy atom. The highest BCUT2D eigenvalue weighted by atomic mass is 15.2. The van der Waals surface area contributed by atoms with Gasteiger partial charge in [-0.05, 0) is 124 Å². The van der Waals surface area contributed by atoms with Gasteiger partial charge < -0.3 is 35.6 Å². The average Bonchev–Trinajstić information content (AvgIpc) is 3.30. The van der Waals surface area contributed by atoms with E-state index in [4.69, 9.17) is 0 Å². The second-order valence-electron chi connectivity index (χ2n) is 12.9. The van der Waals surface area contributed by atoms with Crippen molar-refractivity contribution in [2.75, 3.05) is 92.1 Å². The highest BCUT2D eigenvalue weighted by Gasteiger charge is 2.28. The van der Waals surface area contributed by atoms with Gasteiger partial charge in [0.1, 0.15) is 0 Å². The molecule has 3 fully saturated rings. The second-order valence-corrected chi connectivity index (χ2v) is 12.9. The van der Waals surface area contributed by atoms with Crippen LogP contribution in [0.15, 0.2) is 0 Å². The molecule has 37 heavy (non-hydrogen) atoms. The van der Waals surface area contributed by atoms with Crippen molar-refractivity contribution in [1.29, 1.82) is 0 Å². The van der Waals surface area contributed by atoms with E-state index in [0.717, 1.165) is 18.5 Å². The summed E-state index contributed by atoms with van der Waals surface area (Å²) in [7, 11) is 2.24. The molecule has 0 amide bonds. The van der Waals surface area contributed by atoms with E-state index in [9.17, 15) is 0 Å². The van der Waals surface area contributed by atoms with Gasteiger partial charge in [-0.1, -0.05) is 13.8 Å². The topological polar surface area (TPSA) is 49.1 Å². The van der Waals surface area contributed by atoms with Gasteiger partial charge in [0, 0.05) is 56.9 Å². The first kappa shape index (κ1) is 31.3. The molecule has 3 saturated heterocycles. The van der Waals surface area contributed by atoms with Crippen LogP contribution in [0.3, 0.4) is 0 Å². The molecular weight excluding hydrogens is 458 g/mol. The quantitative estimate of drug-likeness (QED) is 0.226. The number of likely N-dealkylation sites (tertiary alicyclic amines) is 2. The van der Waals surface area contributed by atoms with Gasteiger partial charge in [-0.2, -0.15) is 0 Å². The van der Waals surface area contributed by atoms with Crippen molar-refractivity contribution in [3.63, 3.8) is 0 Å². The molecule has 218 valence electrons. The van der Waals surface area contributed by atoms with Gasteiger partial charge in [-0.25, -0.2) is 0 Å². The van der Waals surface area contributed by atoms with E-state index in [2.05, 4.69) is 70.3 Å². The van der Waals surface area contributed by atoms with Crippen LogP contribution in [0.25, 0.3) is 0 Å². The van der Waals surface area contributed by atoms with Crippen LogP contribution in [-0.2, 0) is 0 Å². The van der Waals surface area contributed by atoms with Crippen LogP contribution in [0, 0.1) is 5.92 Å². The molecule has 0 aromatic heterocycles. The summed E-state index contributed by atoms with van der Waals surface area (Å²) in [4.78, 5) is 10.5. The minimum atomic E-state index is 0.607. The molecule has 0 saturated carbocycles. The standard InChI is InChI=1S/C30H63N7/c1-26(2)31-11-8-16-37-18-10-30(37)24-28(4)33-13-7-15-36-17-9-29(25-36)23-27(3)32-12-6-14-35-21-19-34(5)20-22-35/h26-33H,6-25H2,1-5H3. The average molecular weight is 522 g/mol. The Morgan fingerprint density at radius 2 is 1.27 bits per heavy atom. The van der Waals surface area contributed by atoms with E-state index in [0.29, 0.717) is 18.1 Å². The minimum absolute atomic E-state index is 0.607. The lowest BCUT2D eigenvalue weighted by molar-refractivity contribution is 0.0752. The number of piperazine rings is 1. The maximum atomic E-state index is 3.82. The fraction of sp³-hybridized carbons (Fsp3) is 1.00. The summed E-state index contributed by atoms with van der Waals surface area (Å²) >= 11 is 0. The Balaban J connectivity index is 1.14. The molecule has 0 aliphatic carbocycles. The highest BCUT2D eigenvalue weighted by Crippen LogP contribution is 2.23. The maximum Gasteiger partial charge on any atom is 0.0122 e. The monoisotopic (exact) mass is 522 g/mol. The summed E-state index contributed by atoms with van der Waals surface area (Å²) < 4.78 is 0. The molecule has 3 aliphatic heterocycles. The van der Waals surface area contributed by atoms with E-state index in [1.54, 1.807) is 0 Å². The van der Waals surface area contributed by atoms with Crippen LogP contribution in [0.5, 0.6) is 0 Å². The number of nitrogens with zero attached hydrogens (tertiary/aromatic N) is 4. The Bertz CT molecular complexity index is 580. The molecule has 7 nitrogen and oxygen atoms in total. The number of hydrogen-bond donors (Lipinski definition) is 3. The third-order valence-electron chi connectivity index (χ3n) is 9.01. The van der Waals surface area contributed by atoms with Gasteiger partial charge >= 0.3 is 0 Å². The molecule has 3 heterocycles. The summed E-state index contributed by atoms with van der Waals surface area (Å²) in [6.45, 7) is 25.4. The molecule has 0 bridgehead atoms. The lowest BCUT2D eigenvalue weighted by Gasteiger charge is -2.42. The summed E-state index contributed by atoms with van der Waals surface area (Å²) in [5, 5.41) is 11.2. The SMILES string of the molecule is CC(C)NCCCN1CCC1CC(C)NCCCN1CCC(CC(C)NCCCN2CCN(C)CC2)C1. The molecule has 4 unspecified atom stereocenters. The molecule has 3 rings (SSSR count). The predicted molar refractivity (Wildman–Crippen MR) is 160 cm³/mol. The molecule has 4 atom stereocenters. The van der Waals surface area contributed by atoms with Crippen molar-refractivity contribution in [3.05, 3.63) is 0 Å². The van der Waals surface area contributed by atoms with Gasteiger partial charge in [-0.15, -0.1) is 0 Å². The predicted octanol–water partition coefficient (Wildman–Crippen LogP) is 2.53. The van der Waals surface area contributed by atoms with Crippen LogP contribution >= 0.6 is 0 Å². The lowest BCUT2D eigenvalue weighted by Crippen LogP contribution is -2.51. The normalized spacial score (nSPS) is 26.1. The first-order valence-corrected chi connectivity index (χ1v) is 16.0. The number of rotatable bonds is 19. The van der Waals surface area contributed by atoms with Crippen molar-refractivity contribution in [2.24, 2.45) is 5.92 Å². The Kier molecular flexibility index (Phi) is 14.7. The van der Waals surface area contributed by atoms with Crippen LogP contribution in [0.1, 0.15) is 72.6 Å². The molecule has 0 radical (unpaired) electrons. The third-order valence-corrected chi connectivity index (χ3v) is 9.01. The smallest absolute Gasteiger partial charge is 0.0122 e. The van der Waals surface area contributed by atoms with Crippen LogP contribution < -0.4 is 16.0 Å². The Morgan fingerprint density at radius 1 is 0.649 bits per heavy atom. The molecular formula is C30H63N7. The maximum absolute atomic E-state index is 3.82. The molecule has 7 heteroatoms. The first-order chi connectivity index (χ1) is 17.9. The molecule has 0 aromatic carbocycles. The van der Waals surface area contributed by atoms with E-state index < -0.39 is 0 Å². The van der Waals surface area contributed by atoms with E-state index in [1.165, 1.54) is 123 Å². The minimum Gasteiger partial charge on any atom is -0.314 e. The highest BCUT2D eigenvalue weighted by molar-refractivity contribution is 4.86. The number of nitrogens with one attached hydrogen (secondary N) is 3. The largest absolute Gasteiger partial charge is 0.314 e. The van der Waals surface area contributed by atoms with Crippen molar-refractivity contribution in [3.8, 4) is 0 Å². The molecule has 3 N–H and O–H groups in total. The molecule has 3 aliphatic rings. The molecule has 0 spiro atoms. The van der Waals surface area contributed by atoms with E-state index in [1.807, 2.05) is 0 Å². The number of hydrogen-bond acceptors (Lipinski definition) is 7. The van der Waals surface area contributed by atoms with Crippen molar-refractivity contribution in [2.45, 2.75) is 96.8 Å². The van der Waals surface area contributed by atoms with Gasteiger partial charge in [0.15, 0.2) is 0 Å². The first-order valence-electron chi connectivity index (χ1n) is 16.0. The summed E-state index contributed by atoms with van der Waals surface area (Å²) in [6, 6.07) is 2.70. The zero-order chi connectivity index (χ0) is 26.5. The third kappa shape index (κ3) is 12.6. The van der Waals surface area contributed by atoms with Crippen molar-refractivity contribution in [1.82, 2.24) is 35.6 Å². The van der Waals surface area contributed by atoms with Crippen molar-refractivity contribution < 1.29 is 0 Å². The summed E-state index contributed by atoms with van der Waals surface area (Å²) in [5.41, 5.74) is 0. The van der Waals surface area contributed by atoms with Gasteiger partial charge in [-0.3, -0.25) is 0 Å². The van der Waals surface area contributed by atoms with Crippen LogP contribution in [0.4, 0.5) is 0 Å². The Hall–Kier alpha value is -0.280. The molecule has 0 aromatic rings. The zero-order valence-corrected chi connectivity index (χ0v) is 25.3. The Labute approximate surface area is 230 Å². The van der Waals surface area contributed by atoms with Gasteiger partial charge in [0.2, 0.25) is 0 Å². The van der Waals surface area contributed by atoms with Gasteiger partial charge in [0.05, 0.1) is 0 Å². The number of likely N-dealkylation sites (N-methyl/N-ethyl adjacent to an activating group) is 1. The fourth-order valence-electron chi connectivity index (χ4n) is 6.49. The van der Waals surface area contributed by atoms with Crippen molar-refractivity contribution >= 4 is 0 Å². The van der Waals surface area contributed by atoms with Gasteiger partial charge in [0.25, 0.3) is 0 Å². The summed E-state index contributed by atoms with van der Waals surface area (Å²) in [6.07, 6.45) is 9.27. The second kappa shape index (κ2) is 17.4. The van der Waals surface area contributed by atoms with Crippen LogP contribution in [0.2, 0.25) is 0 Å². The zero-order valence-electron chi connectivity index (χ0n) is 25.3. The lowest BCUT2D eigenvalue weighted by atomic mass is 9.95. The fourth-order valence-corrected chi connectivity index (χ4v) is 6.49. The van der Waals surface area contributed by atoms with E-state index in [-0.39, 0.29) is 0 Å².